The van der Waals surface area contributed by atoms with Gasteiger partial charge in [-0.1, -0.05) is 43.0 Å². The summed E-state index contributed by atoms with van der Waals surface area (Å²) in [5.74, 6) is 0. The Balaban J connectivity index is 2.51. The predicted molar refractivity (Wildman–Crippen MR) is 76.6 cm³/mol. The monoisotopic (exact) mass is 257 g/mol. The average Bonchev–Trinajstić information content (AvgIpc) is 2.42. The van der Waals surface area contributed by atoms with Crippen LogP contribution >= 0.6 is 0 Å². The SMILES string of the molecule is Cc1ccc(C)c(C(C)(O)C2(C#N)CCCCC2)c1. The van der Waals surface area contributed by atoms with Gasteiger partial charge in [0.15, 0.2) is 0 Å². The summed E-state index contributed by atoms with van der Waals surface area (Å²) < 4.78 is 0. The van der Waals surface area contributed by atoms with Crippen molar-refractivity contribution >= 4 is 0 Å². The molecule has 0 saturated heterocycles. The number of aryl methyl sites for hydroxylation is 2. The number of hydrogen-bond acceptors (Lipinski definition) is 2. The van der Waals surface area contributed by atoms with Crippen molar-refractivity contribution < 1.29 is 5.11 Å². The number of nitrogens with zero attached hydrogens (tertiary/aromatic N) is 1. The summed E-state index contributed by atoms with van der Waals surface area (Å²) in [6.07, 6.45) is 4.84. The van der Waals surface area contributed by atoms with Crippen molar-refractivity contribution in [3.05, 3.63) is 34.9 Å². The van der Waals surface area contributed by atoms with Gasteiger partial charge in [0.1, 0.15) is 5.60 Å². The quantitative estimate of drug-likeness (QED) is 0.870. The molecule has 0 heterocycles. The third-order valence-electron chi connectivity index (χ3n) is 4.77. The fraction of sp³-hybridized carbons (Fsp3) is 0.588. The van der Waals surface area contributed by atoms with Crippen LogP contribution < -0.4 is 0 Å². The Labute approximate surface area is 116 Å². The summed E-state index contributed by atoms with van der Waals surface area (Å²) in [5.41, 5.74) is 1.40. The number of rotatable bonds is 2. The minimum absolute atomic E-state index is 0.635. The van der Waals surface area contributed by atoms with Crippen LogP contribution in [0.3, 0.4) is 0 Å². The van der Waals surface area contributed by atoms with Crippen LogP contribution in [-0.4, -0.2) is 5.11 Å². The first-order valence-electron chi connectivity index (χ1n) is 7.14. The van der Waals surface area contributed by atoms with E-state index in [1.54, 1.807) is 0 Å². The molecule has 1 atom stereocenters. The minimum Gasteiger partial charge on any atom is -0.384 e. The zero-order valence-electron chi connectivity index (χ0n) is 12.2. The summed E-state index contributed by atoms with van der Waals surface area (Å²) in [5, 5.41) is 20.8. The molecule has 1 aromatic rings. The zero-order valence-corrected chi connectivity index (χ0v) is 12.2. The molecule has 2 nitrogen and oxygen atoms in total. The van der Waals surface area contributed by atoms with Gasteiger partial charge in [-0.25, -0.2) is 0 Å². The number of benzene rings is 1. The van der Waals surface area contributed by atoms with Crippen LogP contribution in [0.2, 0.25) is 0 Å². The second-order valence-electron chi connectivity index (χ2n) is 6.15. The maximum atomic E-state index is 11.1. The third-order valence-corrected chi connectivity index (χ3v) is 4.77. The fourth-order valence-corrected chi connectivity index (χ4v) is 3.38. The third kappa shape index (κ3) is 2.28. The van der Waals surface area contributed by atoms with Crippen LogP contribution in [0.1, 0.15) is 55.7 Å². The molecule has 0 bridgehead atoms. The highest BCUT2D eigenvalue weighted by Crippen LogP contribution is 2.50. The van der Waals surface area contributed by atoms with Gasteiger partial charge in [-0.2, -0.15) is 5.26 Å². The van der Waals surface area contributed by atoms with E-state index in [0.717, 1.165) is 42.4 Å². The summed E-state index contributed by atoms with van der Waals surface area (Å²) in [4.78, 5) is 0. The lowest BCUT2D eigenvalue weighted by atomic mass is 9.62. The van der Waals surface area contributed by atoms with Crippen molar-refractivity contribution in [1.82, 2.24) is 0 Å². The molecule has 2 heteroatoms. The molecule has 1 saturated carbocycles. The zero-order chi connectivity index (χ0) is 14.1. The Hall–Kier alpha value is -1.33. The number of aliphatic hydroxyl groups is 1. The number of hydrogen-bond donors (Lipinski definition) is 1. The van der Waals surface area contributed by atoms with Crippen molar-refractivity contribution in [2.24, 2.45) is 5.41 Å². The molecule has 0 aliphatic heterocycles. The Morgan fingerprint density at radius 2 is 1.84 bits per heavy atom. The van der Waals surface area contributed by atoms with Gasteiger partial charge in [0, 0.05) is 0 Å². The van der Waals surface area contributed by atoms with E-state index in [1.165, 1.54) is 6.42 Å². The van der Waals surface area contributed by atoms with Gasteiger partial charge in [0.2, 0.25) is 0 Å². The van der Waals surface area contributed by atoms with Crippen LogP contribution in [-0.2, 0) is 5.60 Å². The molecule has 2 rings (SSSR count). The molecule has 1 unspecified atom stereocenters. The molecule has 1 aliphatic carbocycles. The van der Waals surface area contributed by atoms with E-state index in [1.807, 2.05) is 32.9 Å². The van der Waals surface area contributed by atoms with Crippen LogP contribution in [0.25, 0.3) is 0 Å². The van der Waals surface area contributed by atoms with E-state index in [4.69, 9.17) is 0 Å². The fourth-order valence-electron chi connectivity index (χ4n) is 3.38. The smallest absolute Gasteiger partial charge is 0.106 e. The molecule has 0 amide bonds. The van der Waals surface area contributed by atoms with E-state index in [0.29, 0.717) is 0 Å². The van der Waals surface area contributed by atoms with E-state index < -0.39 is 11.0 Å². The first-order chi connectivity index (χ1) is 8.93. The van der Waals surface area contributed by atoms with E-state index in [-0.39, 0.29) is 0 Å². The van der Waals surface area contributed by atoms with Gasteiger partial charge < -0.3 is 5.11 Å². The summed E-state index contributed by atoms with van der Waals surface area (Å²) >= 11 is 0. The highest BCUT2D eigenvalue weighted by atomic mass is 16.3. The first kappa shape index (κ1) is 14.1. The van der Waals surface area contributed by atoms with Crippen LogP contribution in [0.5, 0.6) is 0 Å². The number of nitriles is 1. The molecule has 102 valence electrons. The van der Waals surface area contributed by atoms with Crippen LogP contribution in [0.4, 0.5) is 0 Å². The molecule has 1 aliphatic rings. The second-order valence-corrected chi connectivity index (χ2v) is 6.15. The molecular weight excluding hydrogens is 234 g/mol. The van der Waals surface area contributed by atoms with Gasteiger partial charge in [-0.05, 0) is 44.7 Å². The maximum absolute atomic E-state index is 11.1. The summed E-state index contributed by atoms with van der Waals surface area (Å²) in [6.45, 7) is 5.86. The molecule has 1 fully saturated rings. The normalized spacial score (nSPS) is 21.4. The topological polar surface area (TPSA) is 44.0 Å². The Kier molecular flexibility index (Phi) is 3.69. The van der Waals surface area contributed by atoms with E-state index >= 15 is 0 Å². The minimum atomic E-state index is -1.07. The summed E-state index contributed by atoms with van der Waals surface area (Å²) in [7, 11) is 0. The van der Waals surface area contributed by atoms with E-state index in [9.17, 15) is 10.4 Å². The standard InChI is InChI=1S/C17H23NO/c1-13-7-8-14(2)15(11-13)16(3,19)17(12-18)9-5-4-6-10-17/h7-8,11,19H,4-6,9-10H2,1-3H3. The van der Waals surface area contributed by atoms with Crippen molar-refractivity contribution in [1.29, 1.82) is 5.26 Å². The highest BCUT2D eigenvalue weighted by molar-refractivity contribution is 5.38. The van der Waals surface area contributed by atoms with Crippen molar-refractivity contribution in [2.75, 3.05) is 0 Å². The molecule has 1 N–H and O–H groups in total. The molecule has 0 radical (unpaired) electrons. The lowest BCUT2D eigenvalue weighted by Crippen LogP contribution is -2.44. The average molecular weight is 257 g/mol. The largest absolute Gasteiger partial charge is 0.384 e. The lowest BCUT2D eigenvalue weighted by molar-refractivity contribution is -0.0639. The van der Waals surface area contributed by atoms with Crippen molar-refractivity contribution in [2.45, 2.75) is 58.5 Å². The van der Waals surface area contributed by atoms with Gasteiger partial charge >= 0.3 is 0 Å². The predicted octanol–water partition coefficient (Wildman–Crippen LogP) is 3.99. The maximum Gasteiger partial charge on any atom is 0.106 e. The Bertz CT molecular complexity index is 504. The molecule has 0 spiro atoms. The van der Waals surface area contributed by atoms with Crippen molar-refractivity contribution in [3.8, 4) is 6.07 Å². The molecule has 1 aromatic carbocycles. The van der Waals surface area contributed by atoms with Crippen molar-refractivity contribution in [3.63, 3.8) is 0 Å². The summed E-state index contributed by atoms with van der Waals surface area (Å²) in [6, 6.07) is 8.57. The molecule has 0 aromatic heterocycles. The van der Waals surface area contributed by atoms with E-state index in [2.05, 4.69) is 12.1 Å². The molecule has 19 heavy (non-hydrogen) atoms. The van der Waals surface area contributed by atoms with Gasteiger partial charge in [0.25, 0.3) is 0 Å². The van der Waals surface area contributed by atoms with Crippen LogP contribution in [0.15, 0.2) is 18.2 Å². The second kappa shape index (κ2) is 4.98. The molecular formula is C17H23NO. The first-order valence-corrected chi connectivity index (χ1v) is 7.14. The highest BCUT2D eigenvalue weighted by Gasteiger charge is 2.49. The van der Waals surface area contributed by atoms with Gasteiger partial charge in [-0.15, -0.1) is 0 Å². The Morgan fingerprint density at radius 1 is 1.21 bits per heavy atom. The lowest BCUT2D eigenvalue weighted by Gasteiger charge is -2.43. The Morgan fingerprint density at radius 3 is 2.42 bits per heavy atom. The van der Waals surface area contributed by atoms with Gasteiger partial charge in [0.05, 0.1) is 11.5 Å². The van der Waals surface area contributed by atoms with Crippen LogP contribution in [0, 0.1) is 30.6 Å². The van der Waals surface area contributed by atoms with Gasteiger partial charge in [-0.3, -0.25) is 0 Å².